The summed E-state index contributed by atoms with van der Waals surface area (Å²) in [5.74, 6) is 0.548. The lowest BCUT2D eigenvalue weighted by Gasteiger charge is -2.43. The molecule has 1 heterocycles. The lowest BCUT2D eigenvalue weighted by atomic mass is 9.76. The molecule has 1 aliphatic heterocycles. The molecule has 166 valence electrons. The Labute approximate surface area is 182 Å². The fraction of sp³-hybridized carbons (Fsp3) is 0.583. The second kappa shape index (κ2) is 8.28. The monoisotopic (exact) mass is 426 g/mol. The minimum absolute atomic E-state index is 0.0189. The number of nitrogens with one attached hydrogen (secondary N) is 1. The van der Waals surface area contributed by atoms with E-state index in [0.29, 0.717) is 23.8 Å². The van der Waals surface area contributed by atoms with Gasteiger partial charge < -0.3 is 25.2 Å². The van der Waals surface area contributed by atoms with E-state index in [-0.39, 0.29) is 30.9 Å². The molecule has 0 aromatic heterocycles. The number of benzene rings is 1. The molecular formula is C24H30N2O5. The Bertz CT molecular complexity index is 892. The zero-order chi connectivity index (χ0) is 21.5. The first-order valence-electron chi connectivity index (χ1n) is 11.4. The smallest absolute Gasteiger partial charge is 0.247 e. The normalized spacial score (nSPS) is 29.2. The topological polar surface area (TPSA) is 99.1 Å². The predicted octanol–water partition coefficient (Wildman–Crippen LogP) is 1.35. The van der Waals surface area contributed by atoms with Gasteiger partial charge in [-0.25, -0.2) is 0 Å². The summed E-state index contributed by atoms with van der Waals surface area (Å²) in [5, 5.41) is 23.3. The Hall–Kier alpha value is -2.38. The SMILES string of the molecule is O=C(NCCO)C1=CC(N(CC2CC2)C(=O)C2CCC2)C(O)C2Oc3ccccc3C12. The molecule has 3 N–H and O–H groups in total. The molecule has 2 amide bonds. The van der Waals surface area contributed by atoms with Crippen LogP contribution in [0.15, 0.2) is 35.9 Å². The Morgan fingerprint density at radius 1 is 1.16 bits per heavy atom. The second-order valence-electron chi connectivity index (χ2n) is 9.24. The largest absolute Gasteiger partial charge is 0.486 e. The van der Waals surface area contributed by atoms with Crippen molar-refractivity contribution in [1.82, 2.24) is 10.2 Å². The molecule has 31 heavy (non-hydrogen) atoms. The molecule has 0 bridgehead atoms. The number of aliphatic hydroxyl groups is 2. The second-order valence-corrected chi connectivity index (χ2v) is 9.24. The van der Waals surface area contributed by atoms with Gasteiger partial charge in [0.2, 0.25) is 11.8 Å². The van der Waals surface area contributed by atoms with Gasteiger partial charge in [0.25, 0.3) is 0 Å². The number of carbonyl (C=O) groups is 2. The van der Waals surface area contributed by atoms with Crippen LogP contribution in [0.25, 0.3) is 0 Å². The lowest BCUT2D eigenvalue weighted by molar-refractivity contribution is -0.144. The number of ether oxygens (including phenoxy) is 1. The minimum Gasteiger partial charge on any atom is -0.486 e. The molecule has 0 spiro atoms. The maximum Gasteiger partial charge on any atom is 0.247 e. The summed E-state index contributed by atoms with van der Waals surface area (Å²) in [6, 6.07) is 6.93. The third-order valence-electron chi connectivity index (χ3n) is 7.13. The Balaban J connectivity index is 1.51. The van der Waals surface area contributed by atoms with E-state index in [1.54, 1.807) is 6.08 Å². The molecule has 3 aliphatic carbocycles. The average Bonchev–Trinajstić information content (AvgIpc) is 3.47. The highest BCUT2D eigenvalue weighted by Crippen LogP contribution is 2.47. The van der Waals surface area contributed by atoms with Gasteiger partial charge in [-0.3, -0.25) is 9.59 Å². The third-order valence-corrected chi connectivity index (χ3v) is 7.13. The van der Waals surface area contributed by atoms with Gasteiger partial charge in [-0.15, -0.1) is 0 Å². The number of para-hydroxylation sites is 1. The van der Waals surface area contributed by atoms with E-state index in [4.69, 9.17) is 9.84 Å². The molecule has 0 radical (unpaired) electrons. The van der Waals surface area contributed by atoms with Gasteiger partial charge in [-0.2, -0.15) is 0 Å². The third kappa shape index (κ3) is 3.74. The van der Waals surface area contributed by atoms with Crippen LogP contribution in [0.4, 0.5) is 0 Å². The molecular weight excluding hydrogens is 396 g/mol. The van der Waals surface area contributed by atoms with Crippen molar-refractivity contribution in [3.63, 3.8) is 0 Å². The van der Waals surface area contributed by atoms with Crippen LogP contribution >= 0.6 is 0 Å². The first-order chi connectivity index (χ1) is 15.1. The summed E-state index contributed by atoms with van der Waals surface area (Å²) >= 11 is 0. The van der Waals surface area contributed by atoms with Crippen LogP contribution in [0.2, 0.25) is 0 Å². The standard InChI is InChI=1S/C24H30N2O5/c27-11-10-25-23(29)17-12-18(26(13-14-8-9-14)24(30)15-4-3-5-15)21(28)22-20(17)16-6-1-2-7-19(16)31-22/h1-2,6-7,12,14-15,18,20-22,27-28H,3-5,8-11,13H2,(H,25,29). The predicted molar refractivity (Wildman–Crippen MR) is 113 cm³/mol. The molecule has 5 rings (SSSR count). The van der Waals surface area contributed by atoms with E-state index >= 15 is 0 Å². The lowest BCUT2D eigenvalue weighted by Crippen LogP contribution is -2.57. The van der Waals surface area contributed by atoms with Crippen molar-refractivity contribution in [2.75, 3.05) is 19.7 Å². The van der Waals surface area contributed by atoms with Crippen molar-refractivity contribution < 1.29 is 24.5 Å². The van der Waals surface area contributed by atoms with Crippen molar-refractivity contribution >= 4 is 11.8 Å². The Kier molecular flexibility index (Phi) is 5.48. The van der Waals surface area contributed by atoms with Crippen LogP contribution in [0.1, 0.15) is 43.6 Å². The van der Waals surface area contributed by atoms with Crippen LogP contribution in [-0.4, -0.2) is 64.9 Å². The molecule has 4 unspecified atom stereocenters. The molecule has 1 aromatic rings. The van der Waals surface area contributed by atoms with E-state index < -0.39 is 24.2 Å². The number of hydrogen-bond donors (Lipinski definition) is 3. The van der Waals surface area contributed by atoms with Crippen LogP contribution in [0, 0.1) is 11.8 Å². The molecule has 7 heteroatoms. The van der Waals surface area contributed by atoms with Gasteiger partial charge in [-0.05, 0) is 43.7 Å². The summed E-state index contributed by atoms with van der Waals surface area (Å²) in [6.07, 6.45) is 5.28. The van der Waals surface area contributed by atoms with Crippen LogP contribution in [0.3, 0.4) is 0 Å². The van der Waals surface area contributed by atoms with E-state index in [9.17, 15) is 14.7 Å². The molecule has 1 aromatic carbocycles. The van der Waals surface area contributed by atoms with Gasteiger partial charge >= 0.3 is 0 Å². The van der Waals surface area contributed by atoms with Crippen LogP contribution < -0.4 is 10.1 Å². The first kappa shape index (κ1) is 20.5. The number of amides is 2. The fourth-order valence-corrected chi connectivity index (χ4v) is 5.02. The van der Waals surface area contributed by atoms with Gasteiger partial charge in [0.05, 0.1) is 18.6 Å². The van der Waals surface area contributed by atoms with Crippen LogP contribution in [-0.2, 0) is 9.59 Å². The van der Waals surface area contributed by atoms with E-state index in [1.165, 1.54) is 0 Å². The number of hydrogen-bond acceptors (Lipinski definition) is 5. The number of carbonyl (C=O) groups excluding carboxylic acids is 2. The van der Waals surface area contributed by atoms with Crippen molar-refractivity contribution in [3.05, 3.63) is 41.5 Å². The fourth-order valence-electron chi connectivity index (χ4n) is 5.02. The Morgan fingerprint density at radius 3 is 2.61 bits per heavy atom. The van der Waals surface area contributed by atoms with E-state index in [2.05, 4.69) is 5.32 Å². The summed E-state index contributed by atoms with van der Waals surface area (Å²) in [5.41, 5.74) is 1.37. The maximum absolute atomic E-state index is 13.3. The quantitative estimate of drug-likeness (QED) is 0.611. The number of fused-ring (bicyclic) bond motifs is 3. The first-order valence-corrected chi connectivity index (χ1v) is 11.4. The van der Waals surface area contributed by atoms with E-state index in [1.807, 2.05) is 29.2 Å². The van der Waals surface area contributed by atoms with Crippen molar-refractivity contribution in [2.45, 2.75) is 56.3 Å². The molecule has 0 saturated heterocycles. The highest BCUT2D eigenvalue weighted by Gasteiger charge is 2.51. The number of rotatable bonds is 7. The highest BCUT2D eigenvalue weighted by atomic mass is 16.5. The van der Waals surface area contributed by atoms with Gasteiger partial charge in [0.1, 0.15) is 18.0 Å². The minimum atomic E-state index is -0.922. The van der Waals surface area contributed by atoms with Crippen molar-refractivity contribution in [1.29, 1.82) is 0 Å². The zero-order valence-electron chi connectivity index (χ0n) is 17.6. The highest BCUT2D eigenvalue weighted by molar-refractivity contribution is 5.96. The Morgan fingerprint density at radius 2 is 1.94 bits per heavy atom. The summed E-state index contributed by atoms with van der Waals surface area (Å²) in [4.78, 5) is 28.2. The summed E-state index contributed by atoms with van der Waals surface area (Å²) in [7, 11) is 0. The maximum atomic E-state index is 13.3. The molecule has 4 atom stereocenters. The van der Waals surface area contributed by atoms with Gasteiger partial charge in [0.15, 0.2) is 0 Å². The molecule has 2 fully saturated rings. The van der Waals surface area contributed by atoms with Crippen molar-refractivity contribution in [2.24, 2.45) is 11.8 Å². The van der Waals surface area contributed by atoms with Crippen molar-refractivity contribution in [3.8, 4) is 5.75 Å². The summed E-state index contributed by atoms with van der Waals surface area (Å²) < 4.78 is 6.13. The number of nitrogens with zero attached hydrogens (tertiary/aromatic N) is 1. The van der Waals surface area contributed by atoms with Gasteiger partial charge in [-0.1, -0.05) is 24.6 Å². The molecule has 2 saturated carbocycles. The zero-order valence-corrected chi connectivity index (χ0v) is 17.6. The molecule has 4 aliphatic rings. The van der Waals surface area contributed by atoms with Crippen LogP contribution in [0.5, 0.6) is 5.75 Å². The van der Waals surface area contributed by atoms with E-state index in [0.717, 1.165) is 37.7 Å². The number of aliphatic hydroxyl groups excluding tert-OH is 2. The van der Waals surface area contributed by atoms with Gasteiger partial charge in [0, 0.05) is 30.1 Å². The molecule has 7 nitrogen and oxygen atoms in total. The average molecular weight is 427 g/mol. The summed E-state index contributed by atoms with van der Waals surface area (Å²) in [6.45, 7) is 0.611.